The predicted octanol–water partition coefficient (Wildman–Crippen LogP) is 1.83. The SMILES string of the molecule is CN1CCC[C@@H]1c1ccnc(C(=O)Nc2ccnn2C)c1. The molecule has 0 aliphatic carbocycles. The van der Waals surface area contributed by atoms with E-state index in [-0.39, 0.29) is 5.91 Å². The van der Waals surface area contributed by atoms with E-state index < -0.39 is 0 Å². The maximum absolute atomic E-state index is 12.3. The van der Waals surface area contributed by atoms with Gasteiger partial charge >= 0.3 is 0 Å². The number of anilines is 1. The molecule has 0 radical (unpaired) electrons. The largest absolute Gasteiger partial charge is 0.305 e. The number of hydrogen-bond acceptors (Lipinski definition) is 4. The zero-order valence-electron chi connectivity index (χ0n) is 12.3. The molecular weight excluding hydrogens is 266 g/mol. The van der Waals surface area contributed by atoms with E-state index in [1.54, 1.807) is 30.2 Å². The van der Waals surface area contributed by atoms with Crippen molar-refractivity contribution in [1.82, 2.24) is 19.7 Å². The molecular formula is C15H19N5O. The Morgan fingerprint density at radius 2 is 2.19 bits per heavy atom. The number of nitrogens with zero attached hydrogens (tertiary/aromatic N) is 4. The topological polar surface area (TPSA) is 63.1 Å². The molecule has 6 heteroatoms. The smallest absolute Gasteiger partial charge is 0.275 e. The van der Waals surface area contributed by atoms with Crippen molar-refractivity contribution in [2.45, 2.75) is 18.9 Å². The number of carbonyl (C=O) groups is 1. The molecule has 2 aromatic rings. The van der Waals surface area contributed by atoms with Gasteiger partial charge in [-0.2, -0.15) is 5.10 Å². The lowest BCUT2D eigenvalue weighted by Gasteiger charge is -2.19. The Labute approximate surface area is 123 Å². The first-order valence-corrected chi connectivity index (χ1v) is 7.10. The summed E-state index contributed by atoms with van der Waals surface area (Å²) in [7, 11) is 3.90. The average molecular weight is 285 g/mol. The van der Waals surface area contributed by atoms with Gasteiger partial charge in [0.05, 0.1) is 6.20 Å². The second-order valence-electron chi connectivity index (χ2n) is 5.41. The first-order valence-electron chi connectivity index (χ1n) is 7.10. The van der Waals surface area contributed by atoms with Gasteiger partial charge in [-0.05, 0) is 44.1 Å². The fourth-order valence-corrected chi connectivity index (χ4v) is 2.79. The minimum absolute atomic E-state index is 0.207. The number of hydrogen-bond donors (Lipinski definition) is 1. The molecule has 1 aliphatic heterocycles. The van der Waals surface area contributed by atoms with Gasteiger partial charge in [-0.3, -0.25) is 19.4 Å². The standard InChI is InChI=1S/C15H19N5O/c1-19-9-3-4-13(19)11-5-7-16-12(10-11)15(21)18-14-6-8-17-20(14)2/h5-8,10,13H,3-4,9H2,1-2H3,(H,18,21)/t13-/m1/s1. The maximum atomic E-state index is 12.3. The molecule has 0 aromatic carbocycles. The molecule has 0 saturated carbocycles. The van der Waals surface area contributed by atoms with Gasteiger partial charge in [0, 0.05) is 25.4 Å². The normalized spacial score (nSPS) is 18.9. The van der Waals surface area contributed by atoms with E-state index in [2.05, 4.69) is 27.3 Å². The van der Waals surface area contributed by atoms with Crippen LogP contribution in [-0.4, -0.2) is 39.2 Å². The Morgan fingerprint density at radius 3 is 2.86 bits per heavy atom. The minimum atomic E-state index is -0.207. The van der Waals surface area contributed by atoms with Crippen molar-refractivity contribution in [2.24, 2.45) is 7.05 Å². The highest BCUT2D eigenvalue weighted by Gasteiger charge is 2.23. The number of amides is 1. The van der Waals surface area contributed by atoms with Crippen molar-refractivity contribution in [3.63, 3.8) is 0 Å². The molecule has 1 N–H and O–H groups in total. The highest BCUT2D eigenvalue weighted by atomic mass is 16.2. The molecule has 0 spiro atoms. The van der Waals surface area contributed by atoms with Crippen molar-refractivity contribution in [3.05, 3.63) is 41.9 Å². The van der Waals surface area contributed by atoms with Crippen LogP contribution in [0.15, 0.2) is 30.6 Å². The van der Waals surface area contributed by atoms with Crippen LogP contribution in [0.3, 0.4) is 0 Å². The quantitative estimate of drug-likeness (QED) is 0.934. The Kier molecular flexibility index (Phi) is 3.70. The van der Waals surface area contributed by atoms with Crippen LogP contribution < -0.4 is 5.32 Å². The number of nitrogens with one attached hydrogen (secondary N) is 1. The zero-order chi connectivity index (χ0) is 14.8. The molecule has 3 rings (SSSR count). The summed E-state index contributed by atoms with van der Waals surface area (Å²) in [5.74, 6) is 0.450. The number of carbonyl (C=O) groups excluding carboxylic acids is 1. The third-order valence-electron chi connectivity index (χ3n) is 3.98. The summed E-state index contributed by atoms with van der Waals surface area (Å²) in [5, 5.41) is 6.85. The number of pyridine rings is 1. The van der Waals surface area contributed by atoms with E-state index in [0.29, 0.717) is 17.6 Å². The fraction of sp³-hybridized carbons (Fsp3) is 0.400. The molecule has 6 nitrogen and oxygen atoms in total. The number of aryl methyl sites for hydroxylation is 1. The van der Waals surface area contributed by atoms with E-state index in [1.165, 1.54) is 6.42 Å². The summed E-state index contributed by atoms with van der Waals surface area (Å²) in [5.41, 5.74) is 1.59. The summed E-state index contributed by atoms with van der Waals surface area (Å²) in [4.78, 5) is 18.8. The van der Waals surface area contributed by atoms with Gasteiger partial charge in [0.25, 0.3) is 5.91 Å². The first kappa shape index (κ1) is 13.8. The van der Waals surface area contributed by atoms with Crippen molar-refractivity contribution >= 4 is 11.7 Å². The Morgan fingerprint density at radius 1 is 1.33 bits per heavy atom. The van der Waals surface area contributed by atoms with Crippen molar-refractivity contribution in [1.29, 1.82) is 0 Å². The Hall–Kier alpha value is -2.21. The lowest BCUT2D eigenvalue weighted by molar-refractivity contribution is 0.102. The minimum Gasteiger partial charge on any atom is -0.305 e. The van der Waals surface area contributed by atoms with Crippen molar-refractivity contribution < 1.29 is 4.79 Å². The van der Waals surface area contributed by atoms with Crippen LogP contribution in [0.5, 0.6) is 0 Å². The van der Waals surface area contributed by atoms with Gasteiger partial charge in [-0.25, -0.2) is 0 Å². The predicted molar refractivity (Wildman–Crippen MR) is 80.0 cm³/mol. The van der Waals surface area contributed by atoms with Gasteiger partial charge in [0.15, 0.2) is 0 Å². The van der Waals surface area contributed by atoms with Crippen LogP contribution in [0.4, 0.5) is 5.82 Å². The summed E-state index contributed by atoms with van der Waals surface area (Å²) < 4.78 is 1.62. The molecule has 0 bridgehead atoms. The van der Waals surface area contributed by atoms with Crippen LogP contribution in [0.1, 0.15) is 34.9 Å². The lowest BCUT2D eigenvalue weighted by atomic mass is 10.1. The third kappa shape index (κ3) is 2.80. The summed E-state index contributed by atoms with van der Waals surface area (Å²) in [6, 6.07) is 6.02. The highest BCUT2D eigenvalue weighted by Crippen LogP contribution is 2.30. The molecule has 1 amide bonds. The number of aromatic nitrogens is 3. The van der Waals surface area contributed by atoms with Crippen LogP contribution in [0.25, 0.3) is 0 Å². The van der Waals surface area contributed by atoms with Gasteiger partial charge in [0.1, 0.15) is 11.5 Å². The first-order chi connectivity index (χ1) is 10.1. The van der Waals surface area contributed by atoms with Gasteiger partial charge in [0.2, 0.25) is 0 Å². The molecule has 1 atom stereocenters. The summed E-state index contributed by atoms with van der Waals surface area (Å²) in [6.07, 6.45) is 5.68. The zero-order valence-corrected chi connectivity index (χ0v) is 12.3. The Balaban J connectivity index is 1.79. The van der Waals surface area contributed by atoms with Crippen molar-refractivity contribution in [2.75, 3.05) is 18.9 Å². The number of likely N-dealkylation sites (tertiary alicyclic amines) is 1. The molecule has 110 valence electrons. The molecule has 21 heavy (non-hydrogen) atoms. The van der Waals surface area contributed by atoms with Crippen molar-refractivity contribution in [3.8, 4) is 0 Å². The van der Waals surface area contributed by atoms with Gasteiger partial charge < -0.3 is 5.32 Å². The molecule has 3 heterocycles. The van der Waals surface area contributed by atoms with E-state index in [4.69, 9.17) is 0 Å². The molecule has 0 unspecified atom stereocenters. The Bertz CT molecular complexity index is 651. The van der Waals surface area contributed by atoms with Crippen LogP contribution in [0.2, 0.25) is 0 Å². The fourth-order valence-electron chi connectivity index (χ4n) is 2.79. The third-order valence-corrected chi connectivity index (χ3v) is 3.98. The van der Waals surface area contributed by atoms with Gasteiger partial charge in [-0.1, -0.05) is 0 Å². The van der Waals surface area contributed by atoms with E-state index >= 15 is 0 Å². The van der Waals surface area contributed by atoms with E-state index in [1.807, 2.05) is 12.1 Å². The second-order valence-corrected chi connectivity index (χ2v) is 5.41. The highest BCUT2D eigenvalue weighted by molar-refractivity contribution is 6.02. The number of rotatable bonds is 3. The monoisotopic (exact) mass is 285 g/mol. The van der Waals surface area contributed by atoms with Crippen LogP contribution >= 0.6 is 0 Å². The van der Waals surface area contributed by atoms with E-state index in [9.17, 15) is 4.79 Å². The van der Waals surface area contributed by atoms with Crippen LogP contribution in [0, 0.1) is 0 Å². The van der Waals surface area contributed by atoms with Crippen LogP contribution in [-0.2, 0) is 7.05 Å². The molecule has 1 saturated heterocycles. The second kappa shape index (κ2) is 5.65. The molecule has 1 aliphatic rings. The molecule has 2 aromatic heterocycles. The van der Waals surface area contributed by atoms with Gasteiger partial charge in [-0.15, -0.1) is 0 Å². The summed E-state index contributed by atoms with van der Waals surface area (Å²) >= 11 is 0. The lowest BCUT2D eigenvalue weighted by Crippen LogP contribution is -2.19. The average Bonchev–Trinajstić information content (AvgIpc) is 3.08. The molecule has 1 fully saturated rings. The summed E-state index contributed by atoms with van der Waals surface area (Å²) in [6.45, 7) is 1.10. The maximum Gasteiger partial charge on any atom is 0.275 e. The van der Waals surface area contributed by atoms with E-state index in [0.717, 1.165) is 18.5 Å².